The SMILES string of the molecule is CC[C@H](Oc1cccc(Oc2ccccc2)c1)C(=O)O. The topological polar surface area (TPSA) is 55.8 Å². The summed E-state index contributed by atoms with van der Waals surface area (Å²) in [5.74, 6) is 0.832. The fraction of sp³-hybridized carbons (Fsp3) is 0.188. The second kappa shape index (κ2) is 6.61. The van der Waals surface area contributed by atoms with E-state index in [2.05, 4.69) is 0 Å². The Morgan fingerprint density at radius 2 is 1.70 bits per heavy atom. The molecular weight excluding hydrogens is 256 g/mol. The third-order valence-electron chi connectivity index (χ3n) is 2.71. The van der Waals surface area contributed by atoms with E-state index in [-0.39, 0.29) is 0 Å². The van der Waals surface area contributed by atoms with Crippen LogP contribution in [0.1, 0.15) is 13.3 Å². The molecule has 4 heteroatoms. The molecule has 0 fully saturated rings. The molecule has 2 rings (SSSR count). The zero-order chi connectivity index (χ0) is 14.4. The zero-order valence-corrected chi connectivity index (χ0v) is 11.2. The van der Waals surface area contributed by atoms with Crippen molar-refractivity contribution in [2.45, 2.75) is 19.4 Å². The van der Waals surface area contributed by atoms with E-state index in [4.69, 9.17) is 14.6 Å². The predicted octanol–water partition coefficient (Wildman–Crippen LogP) is 3.72. The van der Waals surface area contributed by atoms with Crippen molar-refractivity contribution in [3.63, 3.8) is 0 Å². The molecule has 0 aliphatic heterocycles. The number of para-hydroxylation sites is 1. The second-order valence-electron chi connectivity index (χ2n) is 4.24. The first-order valence-corrected chi connectivity index (χ1v) is 6.41. The molecule has 20 heavy (non-hydrogen) atoms. The summed E-state index contributed by atoms with van der Waals surface area (Å²) in [6, 6.07) is 16.3. The van der Waals surface area contributed by atoms with Crippen LogP contribution in [0.2, 0.25) is 0 Å². The summed E-state index contributed by atoms with van der Waals surface area (Å²) in [5, 5.41) is 8.98. The van der Waals surface area contributed by atoms with Crippen molar-refractivity contribution >= 4 is 5.97 Å². The molecule has 4 nitrogen and oxygen atoms in total. The smallest absolute Gasteiger partial charge is 0.344 e. The van der Waals surface area contributed by atoms with E-state index in [0.29, 0.717) is 17.9 Å². The van der Waals surface area contributed by atoms with Gasteiger partial charge in [-0.1, -0.05) is 31.2 Å². The van der Waals surface area contributed by atoms with Crippen LogP contribution in [0.15, 0.2) is 54.6 Å². The van der Waals surface area contributed by atoms with Crippen LogP contribution in [-0.4, -0.2) is 17.2 Å². The van der Waals surface area contributed by atoms with Gasteiger partial charge in [-0.2, -0.15) is 0 Å². The van der Waals surface area contributed by atoms with Gasteiger partial charge in [0.25, 0.3) is 0 Å². The van der Waals surface area contributed by atoms with Gasteiger partial charge in [0.1, 0.15) is 17.2 Å². The summed E-state index contributed by atoms with van der Waals surface area (Å²) in [5.41, 5.74) is 0. The number of benzene rings is 2. The lowest BCUT2D eigenvalue weighted by atomic mass is 10.2. The van der Waals surface area contributed by atoms with E-state index < -0.39 is 12.1 Å². The van der Waals surface area contributed by atoms with Crippen LogP contribution in [0.5, 0.6) is 17.2 Å². The summed E-state index contributed by atoms with van der Waals surface area (Å²) < 4.78 is 11.1. The minimum atomic E-state index is -0.970. The van der Waals surface area contributed by atoms with E-state index in [1.165, 1.54) is 0 Å². The lowest BCUT2D eigenvalue weighted by molar-refractivity contribution is -0.145. The van der Waals surface area contributed by atoms with Crippen molar-refractivity contribution in [1.29, 1.82) is 0 Å². The monoisotopic (exact) mass is 272 g/mol. The Bertz CT molecular complexity index is 566. The molecular formula is C16H16O4. The Labute approximate surface area is 117 Å². The van der Waals surface area contributed by atoms with Gasteiger partial charge >= 0.3 is 5.97 Å². The normalized spacial score (nSPS) is 11.7. The Hall–Kier alpha value is -2.49. The van der Waals surface area contributed by atoms with E-state index in [9.17, 15) is 4.79 Å². The molecule has 104 valence electrons. The van der Waals surface area contributed by atoms with E-state index in [1.807, 2.05) is 30.3 Å². The number of hydrogen-bond donors (Lipinski definition) is 1. The Morgan fingerprint density at radius 3 is 2.35 bits per heavy atom. The third kappa shape index (κ3) is 3.75. The number of carboxylic acid groups (broad SMARTS) is 1. The summed E-state index contributed by atoms with van der Waals surface area (Å²) in [6.45, 7) is 1.77. The number of rotatable bonds is 6. The lowest BCUT2D eigenvalue weighted by Gasteiger charge is -2.14. The number of aliphatic carboxylic acids is 1. The third-order valence-corrected chi connectivity index (χ3v) is 2.71. The van der Waals surface area contributed by atoms with E-state index in [0.717, 1.165) is 5.75 Å². The van der Waals surface area contributed by atoms with Crippen LogP contribution in [0.4, 0.5) is 0 Å². The van der Waals surface area contributed by atoms with Crippen molar-refractivity contribution in [2.24, 2.45) is 0 Å². The van der Waals surface area contributed by atoms with Crippen molar-refractivity contribution in [2.75, 3.05) is 0 Å². The highest BCUT2D eigenvalue weighted by Gasteiger charge is 2.16. The van der Waals surface area contributed by atoms with Crippen molar-refractivity contribution in [3.8, 4) is 17.2 Å². The average molecular weight is 272 g/mol. The predicted molar refractivity (Wildman–Crippen MR) is 75.3 cm³/mol. The van der Waals surface area contributed by atoms with Gasteiger partial charge in [0.15, 0.2) is 6.10 Å². The zero-order valence-electron chi connectivity index (χ0n) is 11.2. The number of ether oxygens (including phenoxy) is 2. The van der Waals surface area contributed by atoms with Crippen LogP contribution >= 0.6 is 0 Å². The van der Waals surface area contributed by atoms with Gasteiger partial charge in [-0.15, -0.1) is 0 Å². The Balaban J connectivity index is 2.10. The maximum Gasteiger partial charge on any atom is 0.344 e. The number of hydrogen-bond acceptors (Lipinski definition) is 3. The van der Waals surface area contributed by atoms with Gasteiger partial charge in [-0.3, -0.25) is 0 Å². The molecule has 1 atom stereocenters. The van der Waals surface area contributed by atoms with Crippen molar-refractivity contribution in [1.82, 2.24) is 0 Å². The van der Waals surface area contributed by atoms with Crippen LogP contribution < -0.4 is 9.47 Å². The Kier molecular flexibility index (Phi) is 4.60. The minimum absolute atomic E-state index is 0.402. The molecule has 2 aromatic rings. The summed E-state index contributed by atoms with van der Waals surface area (Å²) in [4.78, 5) is 11.0. The molecule has 0 spiro atoms. The highest BCUT2D eigenvalue weighted by atomic mass is 16.5. The first-order valence-electron chi connectivity index (χ1n) is 6.41. The van der Waals surface area contributed by atoms with Gasteiger partial charge in [-0.25, -0.2) is 4.79 Å². The molecule has 0 radical (unpaired) electrons. The van der Waals surface area contributed by atoms with Gasteiger partial charge in [0, 0.05) is 6.07 Å². The van der Waals surface area contributed by atoms with Crippen LogP contribution in [-0.2, 0) is 4.79 Å². The number of carbonyl (C=O) groups is 1. The van der Waals surface area contributed by atoms with Crippen molar-refractivity contribution in [3.05, 3.63) is 54.6 Å². The van der Waals surface area contributed by atoms with E-state index >= 15 is 0 Å². The van der Waals surface area contributed by atoms with Gasteiger partial charge in [0.2, 0.25) is 0 Å². The standard InChI is InChI=1S/C16H16O4/c1-2-15(16(17)18)20-14-10-6-9-13(11-14)19-12-7-4-3-5-8-12/h3-11,15H,2H2,1H3,(H,17,18)/t15-/m0/s1. The molecule has 2 aromatic carbocycles. The summed E-state index contributed by atoms with van der Waals surface area (Å²) in [7, 11) is 0. The molecule has 0 saturated carbocycles. The molecule has 0 aliphatic carbocycles. The van der Waals surface area contributed by atoms with Crippen molar-refractivity contribution < 1.29 is 19.4 Å². The maximum absolute atomic E-state index is 11.0. The molecule has 0 saturated heterocycles. The average Bonchev–Trinajstić information content (AvgIpc) is 2.46. The second-order valence-corrected chi connectivity index (χ2v) is 4.24. The molecule has 0 heterocycles. The number of carboxylic acids is 1. The van der Waals surface area contributed by atoms with Crippen LogP contribution in [0, 0.1) is 0 Å². The van der Waals surface area contributed by atoms with Gasteiger partial charge < -0.3 is 14.6 Å². The van der Waals surface area contributed by atoms with Gasteiger partial charge in [-0.05, 0) is 30.7 Å². The summed E-state index contributed by atoms with van der Waals surface area (Å²) in [6.07, 6.45) is -0.444. The van der Waals surface area contributed by atoms with Crippen LogP contribution in [0.25, 0.3) is 0 Å². The quantitative estimate of drug-likeness (QED) is 0.870. The van der Waals surface area contributed by atoms with Gasteiger partial charge in [0.05, 0.1) is 0 Å². The maximum atomic E-state index is 11.0. The molecule has 0 unspecified atom stereocenters. The molecule has 0 aliphatic rings. The first kappa shape index (κ1) is 13.9. The molecule has 0 amide bonds. The van der Waals surface area contributed by atoms with Crippen LogP contribution in [0.3, 0.4) is 0 Å². The molecule has 0 aromatic heterocycles. The highest BCUT2D eigenvalue weighted by molar-refractivity contribution is 5.72. The highest BCUT2D eigenvalue weighted by Crippen LogP contribution is 2.25. The molecule has 1 N–H and O–H groups in total. The lowest BCUT2D eigenvalue weighted by Crippen LogP contribution is -2.25. The van der Waals surface area contributed by atoms with E-state index in [1.54, 1.807) is 31.2 Å². The minimum Gasteiger partial charge on any atom is -0.479 e. The Morgan fingerprint density at radius 1 is 1.05 bits per heavy atom. The summed E-state index contributed by atoms with van der Waals surface area (Å²) >= 11 is 0. The fourth-order valence-corrected chi connectivity index (χ4v) is 1.71. The molecule has 0 bridgehead atoms. The first-order chi connectivity index (χ1) is 9.69. The largest absolute Gasteiger partial charge is 0.479 e. The fourth-order valence-electron chi connectivity index (χ4n) is 1.71.